The molecule has 0 bridgehead atoms. The summed E-state index contributed by atoms with van der Waals surface area (Å²) in [6.45, 7) is 7.90. The number of aromatic nitrogens is 2. The SMILES string of the molecule is CC(C)(C)OC(=O)N1CCC2(CCN(C(=O)Nc3ccn(-c4ccc(CCO)cc4)c(=O)n3)C2)C1. The standard InChI is InChI=1S/C25H33N5O5/c1-24(2,3)35-23(34)29-14-11-25(17-29)10-13-28(16-25)21(32)26-20-8-12-30(22(33)27-20)19-6-4-18(5-7-19)9-15-31/h4-8,12,31H,9-11,13-17H2,1-3H3,(H,26,27,32,33). The molecule has 2 aromatic rings. The summed E-state index contributed by atoms with van der Waals surface area (Å²) in [4.78, 5) is 45.3. The van der Waals surface area contributed by atoms with E-state index in [1.807, 2.05) is 32.9 Å². The summed E-state index contributed by atoms with van der Waals surface area (Å²) in [6, 6.07) is 8.56. The Balaban J connectivity index is 1.35. The van der Waals surface area contributed by atoms with Gasteiger partial charge in [0, 0.05) is 44.4 Å². The second kappa shape index (κ2) is 9.69. The van der Waals surface area contributed by atoms with Gasteiger partial charge in [0.1, 0.15) is 11.4 Å². The molecule has 2 N–H and O–H groups in total. The van der Waals surface area contributed by atoms with Crippen molar-refractivity contribution in [1.29, 1.82) is 0 Å². The van der Waals surface area contributed by atoms with E-state index < -0.39 is 11.3 Å². The number of rotatable bonds is 4. The van der Waals surface area contributed by atoms with Crippen LogP contribution in [0.1, 0.15) is 39.2 Å². The Morgan fingerprint density at radius 2 is 1.74 bits per heavy atom. The molecule has 2 aliphatic heterocycles. The highest BCUT2D eigenvalue weighted by molar-refractivity contribution is 5.88. The molecule has 0 saturated carbocycles. The lowest BCUT2D eigenvalue weighted by Crippen LogP contribution is -2.39. The second-order valence-corrected chi connectivity index (χ2v) is 10.4. The van der Waals surface area contributed by atoms with Crippen LogP contribution in [-0.4, -0.2) is 75.0 Å². The van der Waals surface area contributed by atoms with Crippen LogP contribution in [0.5, 0.6) is 0 Å². The number of amides is 3. The number of nitrogens with zero attached hydrogens (tertiary/aromatic N) is 4. The first-order chi connectivity index (χ1) is 16.6. The molecule has 0 radical (unpaired) electrons. The Hall–Kier alpha value is -3.40. The number of hydrogen-bond donors (Lipinski definition) is 2. The topological polar surface area (TPSA) is 117 Å². The number of benzene rings is 1. The zero-order valence-corrected chi connectivity index (χ0v) is 20.5. The van der Waals surface area contributed by atoms with Crippen LogP contribution in [0.2, 0.25) is 0 Å². The highest BCUT2D eigenvalue weighted by Crippen LogP contribution is 2.40. The average molecular weight is 484 g/mol. The molecule has 1 aromatic carbocycles. The van der Waals surface area contributed by atoms with Crippen LogP contribution in [0, 0.1) is 5.41 Å². The van der Waals surface area contributed by atoms with Crippen molar-refractivity contribution in [2.24, 2.45) is 5.41 Å². The molecule has 1 spiro atoms. The number of aliphatic hydroxyl groups excluding tert-OH is 1. The molecule has 2 aliphatic rings. The Kier molecular flexibility index (Phi) is 6.84. The number of carbonyl (C=O) groups excluding carboxylic acids is 2. The lowest BCUT2D eigenvalue weighted by molar-refractivity contribution is 0.0275. The van der Waals surface area contributed by atoms with E-state index in [9.17, 15) is 14.4 Å². The van der Waals surface area contributed by atoms with E-state index in [1.165, 1.54) is 4.57 Å². The van der Waals surface area contributed by atoms with E-state index in [0.717, 1.165) is 18.4 Å². The van der Waals surface area contributed by atoms with Crippen LogP contribution in [0.25, 0.3) is 5.69 Å². The summed E-state index contributed by atoms with van der Waals surface area (Å²) < 4.78 is 6.89. The van der Waals surface area contributed by atoms with Gasteiger partial charge >= 0.3 is 17.8 Å². The zero-order valence-electron chi connectivity index (χ0n) is 20.5. The average Bonchev–Trinajstić information content (AvgIpc) is 3.41. The van der Waals surface area contributed by atoms with E-state index in [1.54, 1.807) is 34.2 Å². The van der Waals surface area contributed by atoms with Crippen LogP contribution >= 0.6 is 0 Å². The fourth-order valence-electron chi connectivity index (χ4n) is 4.67. The molecule has 2 fully saturated rings. The Labute approximate surface area is 204 Å². The van der Waals surface area contributed by atoms with Gasteiger partial charge in [0.25, 0.3) is 0 Å². The van der Waals surface area contributed by atoms with Crippen LogP contribution in [0.4, 0.5) is 15.4 Å². The molecule has 10 nitrogen and oxygen atoms in total. The minimum absolute atomic E-state index is 0.0649. The maximum atomic E-state index is 12.9. The van der Waals surface area contributed by atoms with Gasteiger partial charge in [-0.2, -0.15) is 4.98 Å². The van der Waals surface area contributed by atoms with Crippen molar-refractivity contribution >= 4 is 17.9 Å². The molecule has 4 rings (SSSR count). The van der Waals surface area contributed by atoms with Gasteiger partial charge in [-0.05, 0) is 63.8 Å². The summed E-state index contributed by atoms with van der Waals surface area (Å²) >= 11 is 0. The molecular formula is C25H33N5O5. The monoisotopic (exact) mass is 483 g/mol. The molecule has 1 atom stereocenters. The van der Waals surface area contributed by atoms with Gasteiger partial charge in [-0.1, -0.05) is 12.1 Å². The highest BCUT2D eigenvalue weighted by atomic mass is 16.6. The van der Waals surface area contributed by atoms with E-state index in [4.69, 9.17) is 9.84 Å². The quantitative estimate of drug-likeness (QED) is 0.691. The van der Waals surface area contributed by atoms with Crippen molar-refractivity contribution in [2.75, 3.05) is 38.1 Å². The van der Waals surface area contributed by atoms with Crippen molar-refractivity contribution in [3.05, 3.63) is 52.6 Å². The van der Waals surface area contributed by atoms with Crippen LogP contribution in [0.3, 0.4) is 0 Å². The van der Waals surface area contributed by atoms with Crippen molar-refractivity contribution in [3.63, 3.8) is 0 Å². The molecule has 2 saturated heterocycles. The highest BCUT2D eigenvalue weighted by Gasteiger charge is 2.46. The number of likely N-dealkylation sites (tertiary alicyclic amines) is 2. The van der Waals surface area contributed by atoms with E-state index in [2.05, 4.69) is 10.3 Å². The molecule has 35 heavy (non-hydrogen) atoms. The number of hydrogen-bond acceptors (Lipinski definition) is 6. The van der Waals surface area contributed by atoms with E-state index in [-0.39, 0.29) is 30.0 Å². The van der Waals surface area contributed by atoms with Gasteiger partial charge in [-0.25, -0.2) is 14.4 Å². The molecule has 0 aliphatic carbocycles. The zero-order chi connectivity index (χ0) is 25.2. The molecule has 3 amide bonds. The third-order valence-corrected chi connectivity index (χ3v) is 6.47. The minimum Gasteiger partial charge on any atom is -0.444 e. The van der Waals surface area contributed by atoms with Crippen molar-refractivity contribution in [3.8, 4) is 5.69 Å². The molecular weight excluding hydrogens is 450 g/mol. The number of ether oxygens (including phenoxy) is 1. The molecule has 10 heteroatoms. The van der Waals surface area contributed by atoms with Gasteiger partial charge in [0.15, 0.2) is 0 Å². The Morgan fingerprint density at radius 3 is 2.37 bits per heavy atom. The molecule has 1 unspecified atom stereocenters. The van der Waals surface area contributed by atoms with Crippen LogP contribution < -0.4 is 11.0 Å². The smallest absolute Gasteiger partial charge is 0.410 e. The van der Waals surface area contributed by atoms with E-state index in [0.29, 0.717) is 38.3 Å². The van der Waals surface area contributed by atoms with Gasteiger partial charge < -0.3 is 19.6 Å². The first kappa shape index (κ1) is 24.7. The third kappa shape index (κ3) is 5.82. The van der Waals surface area contributed by atoms with Crippen LogP contribution in [-0.2, 0) is 11.2 Å². The van der Waals surface area contributed by atoms with Gasteiger partial charge in [-0.15, -0.1) is 0 Å². The maximum Gasteiger partial charge on any atom is 0.410 e. The van der Waals surface area contributed by atoms with Crippen LogP contribution in [0.15, 0.2) is 41.3 Å². The Bertz CT molecular complexity index is 1140. The summed E-state index contributed by atoms with van der Waals surface area (Å²) in [5.41, 5.74) is 0.450. The van der Waals surface area contributed by atoms with Gasteiger partial charge in [0.05, 0.1) is 5.69 Å². The normalized spacial score (nSPS) is 19.9. The lowest BCUT2D eigenvalue weighted by Gasteiger charge is -2.27. The lowest BCUT2D eigenvalue weighted by atomic mass is 9.86. The number of nitrogens with one attached hydrogen (secondary N) is 1. The van der Waals surface area contributed by atoms with Gasteiger partial charge in [0.2, 0.25) is 0 Å². The largest absolute Gasteiger partial charge is 0.444 e. The minimum atomic E-state index is -0.543. The van der Waals surface area contributed by atoms with E-state index >= 15 is 0 Å². The third-order valence-electron chi connectivity index (χ3n) is 6.47. The molecule has 1 aromatic heterocycles. The number of urea groups is 1. The number of anilines is 1. The number of aliphatic hydroxyl groups is 1. The first-order valence-electron chi connectivity index (χ1n) is 11.9. The van der Waals surface area contributed by atoms with Crippen molar-refractivity contribution < 1.29 is 19.4 Å². The first-order valence-corrected chi connectivity index (χ1v) is 11.9. The Morgan fingerprint density at radius 1 is 1.09 bits per heavy atom. The molecule has 188 valence electrons. The molecule has 3 heterocycles. The van der Waals surface area contributed by atoms with Gasteiger partial charge in [-0.3, -0.25) is 9.88 Å². The number of carbonyl (C=O) groups is 2. The summed E-state index contributed by atoms with van der Waals surface area (Å²) in [5, 5.41) is 11.8. The van der Waals surface area contributed by atoms with Crippen molar-refractivity contribution in [1.82, 2.24) is 19.4 Å². The second-order valence-electron chi connectivity index (χ2n) is 10.4. The van der Waals surface area contributed by atoms with Crippen molar-refractivity contribution in [2.45, 2.75) is 45.6 Å². The fraction of sp³-hybridized carbons (Fsp3) is 0.520. The fourth-order valence-corrected chi connectivity index (χ4v) is 4.67. The summed E-state index contributed by atoms with van der Waals surface area (Å²) in [6.07, 6.45) is 3.44. The summed E-state index contributed by atoms with van der Waals surface area (Å²) in [7, 11) is 0. The predicted octanol–water partition coefficient (Wildman–Crippen LogP) is 2.63. The summed E-state index contributed by atoms with van der Waals surface area (Å²) in [5.74, 6) is 0.191. The predicted molar refractivity (Wildman–Crippen MR) is 131 cm³/mol. The maximum absolute atomic E-state index is 12.9.